The van der Waals surface area contributed by atoms with Gasteiger partial charge < -0.3 is 10.2 Å². The highest BCUT2D eigenvalue weighted by molar-refractivity contribution is 6.29. The first-order valence-electron chi connectivity index (χ1n) is 5.66. The zero-order chi connectivity index (χ0) is 11.4. The van der Waals surface area contributed by atoms with Crippen LogP contribution in [0.3, 0.4) is 0 Å². The second kappa shape index (κ2) is 5.46. The average Bonchev–Trinajstić information content (AvgIpc) is 2.30. The maximum atomic E-state index is 5.84. The lowest BCUT2D eigenvalue weighted by molar-refractivity contribution is 0.380. The molecule has 2 rings (SSSR count). The zero-order valence-corrected chi connectivity index (χ0v) is 10.2. The molecule has 5 heteroatoms. The second-order valence-electron chi connectivity index (χ2n) is 4.27. The van der Waals surface area contributed by atoms with E-state index in [1.807, 2.05) is 7.05 Å². The van der Waals surface area contributed by atoms with Crippen molar-refractivity contribution in [2.75, 3.05) is 31.6 Å². The normalized spacial score (nSPS) is 20.8. The third kappa shape index (κ3) is 3.06. The number of hydrogen-bond acceptors (Lipinski definition) is 4. The molecule has 1 aromatic rings. The Morgan fingerprint density at radius 3 is 3.19 bits per heavy atom. The van der Waals surface area contributed by atoms with Gasteiger partial charge in [0.1, 0.15) is 5.15 Å². The molecule has 1 saturated heterocycles. The molecule has 0 unspecified atom stereocenters. The van der Waals surface area contributed by atoms with Gasteiger partial charge in [0.05, 0.1) is 0 Å². The number of rotatable bonds is 3. The minimum Gasteiger partial charge on any atom is -0.344 e. The first-order valence-corrected chi connectivity index (χ1v) is 6.04. The number of anilines is 1. The molecule has 1 atom stereocenters. The standard InChI is InChI=1S/C11H17ClN4/c1-16(8-9-3-2-5-13-7-9)11-14-6-4-10(12)15-11/h4,6,9,13H,2-3,5,7-8H2,1H3/t9-/m1/s1. The maximum absolute atomic E-state index is 5.84. The van der Waals surface area contributed by atoms with Gasteiger partial charge in [-0.05, 0) is 37.9 Å². The molecule has 4 nitrogen and oxygen atoms in total. The highest BCUT2D eigenvalue weighted by Gasteiger charge is 2.16. The molecular formula is C11H17ClN4. The Morgan fingerprint density at radius 2 is 2.50 bits per heavy atom. The lowest BCUT2D eigenvalue weighted by Crippen LogP contribution is -2.37. The molecule has 0 aromatic carbocycles. The minimum atomic E-state index is 0.499. The molecule has 1 aliphatic rings. The fourth-order valence-electron chi connectivity index (χ4n) is 2.06. The fraction of sp³-hybridized carbons (Fsp3) is 0.636. The molecule has 88 valence electrons. The van der Waals surface area contributed by atoms with Gasteiger partial charge in [0.15, 0.2) is 0 Å². The summed E-state index contributed by atoms with van der Waals surface area (Å²) in [6.45, 7) is 3.21. The number of aromatic nitrogens is 2. The topological polar surface area (TPSA) is 41.0 Å². The van der Waals surface area contributed by atoms with E-state index >= 15 is 0 Å². The summed E-state index contributed by atoms with van der Waals surface area (Å²) in [7, 11) is 2.01. The Labute approximate surface area is 101 Å². The van der Waals surface area contributed by atoms with Crippen molar-refractivity contribution < 1.29 is 0 Å². The minimum absolute atomic E-state index is 0.499. The summed E-state index contributed by atoms with van der Waals surface area (Å²) in [6, 6.07) is 1.70. The van der Waals surface area contributed by atoms with Gasteiger partial charge in [-0.3, -0.25) is 0 Å². The van der Waals surface area contributed by atoms with Crippen molar-refractivity contribution in [3.05, 3.63) is 17.4 Å². The molecule has 0 saturated carbocycles. The maximum Gasteiger partial charge on any atom is 0.226 e. The van der Waals surface area contributed by atoms with Gasteiger partial charge in [-0.15, -0.1) is 0 Å². The van der Waals surface area contributed by atoms with Crippen molar-refractivity contribution in [1.82, 2.24) is 15.3 Å². The number of nitrogens with one attached hydrogen (secondary N) is 1. The van der Waals surface area contributed by atoms with Crippen molar-refractivity contribution in [2.45, 2.75) is 12.8 Å². The Balaban J connectivity index is 1.94. The number of piperidine rings is 1. The van der Waals surface area contributed by atoms with Crippen LogP contribution in [-0.2, 0) is 0 Å². The molecule has 1 fully saturated rings. The Morgan fingerprint density at radius 1 is 1.62 bits per heavy atom. The van der Waals surface area contributed by atoms with Crippen molar-refractivity contribution in [3.63, 3.8) is 0 Å². The average molecular weight is 241 g/mol. The van der Waals surface area contributed by atoms with E-state index < -0.39 is 0 Å². The molecule has 1 aliphatic heterocycles. The third-order valence-corrected chi connectivity index (χ3v) is 3.09. The highest BCUT2D eigenvalue weighted by atomic mass is 35.5. The predicted molar refractivity (Wildman–Crippen MR) is 65.9 cm³/mol. The molecule has 0 radical (unpaired) electrons. The summed E-state index contributed by atoms with van der Waals surface area (Å²) in [5, 5.41) is 3.91. The molecular weight excluding hydrogens is 224 g/mol. The van der Waals surface area contributed by atoms with Crippen molar-refractivity contribution in [2.24, 2.45) is 5.92 Å². The Bertz CT molecular complexity index is 339. The summed E-state index contributed by atoms with van der Waals surface area (Å²) in [6.07, 6.45) is 4.23. The van der Waals surface area contributed by atoms with E-state index in [9.17, 15) is 0 Å². The summed E-state index contributed by atoms with van der Waals surface area (Å²) in [4.78, 5) is 10.5. The third-order valence-electron chi connectivity index (χ3n) is 2.88. The van der Waals surface area contributed by atoms with Crippen LogP contribution in [0.25, 0.3) is 0 Å². The largest absolute Gasteiger partial charge is 0.344 e. The van der Waals surface area contributed by atoms with Crippen LogP contribution >= 0.6 is 11.6 Å². The first kappa shape index (κ1) is 11.6. The van der Waals surface area contributed by atoms with E-state index in [-0.39, 0.29) is 0 Å². The van der Waals surface area contributed by atoms with Gasteiger partial charge in [-0.25, -0.2) is 9.97 Å². The predicted octanol–water partition coefficient (Wildman–Crippen LogP) is 1.57. The van der Waals surface area contributed by atoms with Gasteiger partial charge in [-0.2, -0.15) is 0 Å². The van der Waals surface area contributed by atoms with E-state index in [1.165, 1.54) is 12.8 Å². The lowest BCUT2D eigenvalue weighted by atomic mass is 9.99. The summed E-state index contributed by atoms with van der Waals surface area (Å²) in [5.41, 5.74) is 0. The van der Waals surface area contributed by atoms with Gasteiger partial charge in [0.2, 0.25) is 5.95 Å². The smallest absolute Gasteiger partial charge is 0.226 e. The highest BCUT2D eigenvalue weighted by Crippen LogP contribution is 2.15. The van der Waals surface area contributed by atoms with Crippen molar-refractivity contribution in [3.8, 4) is 0 Å². The molecule has 2 heterocycles. The van der Waals surface area contributed by atoms with Crippen LogP contribution in [-0.4, -0.2) is 36.6 Å². The van der Waals surface area contributed by atoms with Crippen LogP contribution in [0.4, 0.5) is 5.95 Å². The van der Waals surface area contributed by atoms with Gasteiger partial charge in [0, 0.05) is 19.8 Å². The monoisotopic (exact) mass is 240 g/mol. The van der Waals surface area contributed by atoms with Crippen molar-refractivity contribution >= 4 is 17.5 Å². The number of hydrogen-bond donors (Lipinski definition) is 1. The van der Waals surface area contributed by atoms with Crippen LogP contribution in [0, 0.1) is 5.92 Å². The first-order chi connectivity index (χ1) is 7.75. The van der Waals surface area contributed by atoms with E-state index in [2.05, 4.69) is 20.2 Å². The molecule has 1 aromatic heterocycles. The SMILES string of the molecule is CN(C[C@@H]1CCCNC1)c1nccc(Cl)n1. The summed E-state index contributed by atoms with van der Waals surface area (Å²) < 4.78 is 0. The van der Waals surface area contributed by atoms with Crippen LogP contribution in [0.5, 0.6) is 0 Å². The molecule has 0 spiro atoms. The quantitative estimate of drug-likeness (QED) is 0.815. The summed E-state index contributed by atoms with van der Waals surface area (Å²) in [5.74, 6) is 1.39. The van der Waals surface area contributed by atoms with Crippen LogP contribution in [0.1, 0.15) is 12.8 Å². The second-order valence-corrected chi connectivity index (χ2v) is 4.66. The molecule has 0 bridgehead atoms. The molecule has 0 aliphatic carbocycles. The van der Waals surface area contributed by atoms with Gasteiger partial charge >= 0.3 is 0 Å². The number of halogens is 1. The van der Waals surface area contributed by atoms with E-state index in [4.69, 9.17) is 11.6 Å². The molecule has 1 N–H and O–H groups in total. The van der Waals surface area contributed by atoms with Gasteiger partial charge in [0.25, 0.3) is 0 Å². The lowest BCUT2D eigenvalue weighted by Gasteiger charge is -2.27. The molecule has 16 heavy (non-hydrogen) atoms. The van der Waals surface area contributed by atoms with Crippen LogP contribution in [0.2, 0.25) is 5.15 Å². The van der Waals surface area contributed by atoms with Crippen LogP contribution < -0.4 is 10.2 Å². The number of nitrogens with zero attached hydrogens (tertiary/aromatic N) is 3. The van der Waals surface area contributed by atoms with E-state index in [0.717, 1.165) is 19.6 Å². The zero-order valence-electron chi connectivity index (χ0n) is 9.49. The Hall–Kier alpha value is -0.870. The van der Waals surface area contributed by atoms with Gasteiger partial charge in [-0.1, -0.05) is 11.6 Å². The van der Waals surface area contributed by atoms with E-state index in [1.54, 1.807) is 12.3 Å². The van der Waals surface area contributed by atoms with E-state index in [0.29, 0.717) is 17.0 Å². The summed E-state index contributed by atoms with van der Waals surface area (Å²) >= 11 is 5.84. The fourth-order valence-corrected chi connectivity index (χ4v) is 2.19. The van der Waals surface area contributed by atoms with Crippen LogP contribution in [0.15, 0.2) is 12.3 Å². The van der Waals surface area contributed by atoms with Crippen molar-refractivity contribution in [1.29, 1.82) is 0 Å². The Kier molecular flexibility index (Phi) is 3.96. The molecule has 0 amide bonds.